The molecule has 0 heterocycles. The van der Waals surface area contributed by atoms with E-state index in [1.165, 1.54) is 12.8 Å². The molecule has 0 aromatic heterocycles. The van der Waals surface area contributed by atoms with Gasteiger partial charge in [-0.1, -0.05) is 59.1 Å². The Morgan fingerprint density at radius 1 is 1.17 bits per heavy atom. The Morgan fingerprint density at radius 2 is 1.90 bits per heavy atom. The highest BCUT2D eigenvalue weighted by atomic mass is 28.4. The van der Waals surface area contributed by atoms with Crippen molar-refractivity contribution in [1.82, 2.24) is 0 Å². The number of ether oxygens (including phenoxy) is 3. The Balaban J connectivity index is 2.70. The van der Waals surface area contributed by atoms with Crippen LogP contribution in [0.2, 0.25) is 18.1 Å². The van der Waals surface area contributed by atoms with Gasteiger partial charge < -0.3 is 18.6 Å². The number of unbranched alkanes of at least 4 members (excludes halogenated alkanes) is 2. The van der Waals surface area contributed by atoms with Crippen molar-refractivity contribution in [3.8, 4) is 0 Å². The van der Waals surface area contributed by atoms with E-state index in [1.54, 1.807) is 7.11 Å². The standard InChI is InChI=1S/C23H44O5Si/c1-8-9-10-11-21(27-18-26-15-14-25-5)13-12-19-16-20(24)17-22(19)28-29(6,7)23(2,3)4/h12-13,19,21-22H,8-11,14-18H2,1-7H3/b13-12+/t19-,21-,22-/m1/s1. The highest BCUT2D eigenvalue weighted by molar-refractivity contribution is 6.74. The zero-order valence-corrected chi connectivity index (χ0v) is 20.8. The van der Waals surface area contributed by atoms with Crippen molar-refractivity contribution in [1.29, 1.82) is 0 Å². The molecular formula is C23H44O5Si. The molecule has 1 rings (SSSR count). The van der Waals surface area contributed by atoms with Crippen molar-refractivity contribution in [3.63, 3.8) is 0 Å². The van der Waals surface area contributed by atoms with Crippen LogP contribution >= 0.6 is 0 Å². The molecule has 0 bridgehead atoms. The molecule has 0 aromatic carbocycles. The molecule has 0 N–H and O–H groups in total. The molecule has 0 aromatic rings. The molecular weight excluding hydrogens is 384 g/mol. The second kappa shape index (κ2) is 13.0. The van der Waals surface area contributed by atoms with Gasteiger partial charge in [0.15, 0.2) is 8.32 Å². The van der Waals surface area contributed by atoms with Crippen LogP contribution in [0.25, 0.3) is 0 Å². The number of rotatable bonds is 14. The monoisotopic (exact) mass is 428 g/mol. The predicted molar refractivity (Wildman–Crippen MR) is 121 cm³/mol. The van der Waals surface area contributed by atoms with Gasteiger partial charge in [0.05, 0.1) is 25.4 Å². The van der Waals surface area contributed by atoms with E-state index >= 15 is 0 Å². The molecule has 0 aliphatic heterocycles. The third-order valence-electron chi connectivity index (χ3n) is 6.08. The van der Waals surface area contributed by atoms with E-state index in [9.17, 15) is 4.79 Å². The molecule has 1 aliphatic rings. The highest BCUT2D eigenvalue weighted by Gasteiger charge is 2.43. The summed E-state index contributed by atoms with van der Waals surface area (Å²) in [6, 6.07) is 0. The number of methoxy groups -OCH3 is 1. The maximum absolute atomic E-state index is 12.2. The minimum Gasteiger partial charge on any atom is -0.413 e. The highest BCUT2D eigenvalue weighted by Crippen LogP contribution is 2.40. The fourth-order valence-electron chi connectivity index (χ4n) is 3.16. The first-order valence-electron chi connectivity index (χ1n) is 11.2. The molecule has 1 saturated carbocycles. The maximum Gasteiger partial charge on any atom is 0.192 e. The summed E-state index contributed by atoms with van der Waals surface area (Å²) in [5.74, 6) is 0.443. The van der Waals surface area contributed by atoms with Crippen LogP contribution in [-0.4, -0.2) is 53.4 Å². The summed E-state index contributed by atoms with van der Waals surface area (Å²) in [7, 11) is -0.248. The van der Waals surface area contributed by atoms with Gasteiger partial charge in [-0.05, 0) is 24.6 Å². The molecule has 0 spiro atoms. The number of ketones is 1. The van der Waals surface area contributed by atoms with Crippen LogP contribution in [0.5, 0.6) is 0 Å². The maximum atomic E-state index is 12.2. The fourth-order valence-corrected chi connectivity index (χ4v) is 4.53. The van der Waals surface area contributed by atoms with Gasteiger partial charge in [-0.15, -0.1) is 0 Å². The molecule has 3 atom stereocenters. The topological polar surface area (TPSA) is 54.0 Å². The molecule has 0 saturated heterocycles. The first-order chi connectivity index (χ1) is 13.6. The van der Waals surface area contributed by atoms with Crippen molar-refractivity contribution in [2.45, 2.75) is 96.6 Å². The summed E-state index contributed by atoms with van der Waals surface area (Å²) in [4.78, 5) is 12.2. The van der Waals surface area contributed by atoms with Crippen molar-refractivity contribution in [2.75, 3.05) is 27.1 Å². The lowest BCUT2D eigenvalue weighted by molar-refractivity contribution is -0.117. The zero-order chi connectivity index (χ0) is 21.9. The van der Waals surface area contributed by atoms with Crippen LogP contribution in [0.15, 0.2) is 12.2 Å². The van der Waals surface area contributed by atoms with Crippen LogP contribution in [0, 0.1) is 5.92 Å². The first-order valence-corrected chi connectivity index (χ1v) is 14.1. The van der Waals surface area contributed by atoms with Gasteiger partial charge in [-0.2, -0.15) is 0 Å². The quantitative estimate of drug-likeness (QED) is 0.158. The van der Waals surface area contributed by atoms with Gasteiger partial charge in [-0.3, -0.25) is 4.79 Å². The largest absolute Gasteiger partial charge is 0.413 e. The van der Waals surface area contributed by atoms with Crippen LogP contribution in [0.4, 0.5) is 0 Å². The number of carbonyl (C=O) groups excluding carboxylic acids is 1. The van der Waals surface area contributed by atoms with Gasteiger partial charge in [0.2, 0.25) is 0 Å². The molecule has 6 heteroatoms. The summed E-state index contributed by atoms with van der Waals surface area (Å²) >= 11 is 0. The lowest BCUT2D eigenvalue weighted by Crippen LogP contribution is -2.44. The predicted octanol–water partition coefficient (Wildman–Crippen LogP) is 5.50. The van der Waals surface area contributed by atoms with Crippen molar-refractivity contribution in [3.05, 3.63) is 12.2 Å². The van der Waals surface area contributed by atoms with Crippen LogP contribution < -0.4 is 0 Å². The van der Waals surface area contributed by atoms with E-state index < -0.39 is 8.32 Å². The van der Waals surface area contributed by atoms with Crippen molar-refractivity contribution >= 4 is 14.1 Å². The molecule has 0 radical (unpaired) electrons. The van der Waals surface area contributed by atoms with Gasteiger partial charge in [0.25, 0.3) is 0 Å². The van der Waals surface area contributed by atoms with Crippen molar-refractivity contribution < 1.29 is 23.4 Å². The van der Waals surface area contributed by atoms with E-state index in [2.05, 4.69) is 52.9 Å². The summed E-state index contributed by atoms with van der Waals surface area (Å²) < 4.78 is 23.0. The minimum absolute atomic E-state index is 0.00566. The van der Waals surface area contributed by atoms with E-state index in [4.69, 9.17) is 18.6 Å². The molecule has 170 valence electrons. The molecule has 0 unspecified atom stereocenters. The van der Waals surface area contributed by atoms with Gasteiger partial charge in [0.1, 0.15) is 12.6 Å². The van der Waals surface area contributed by atoms with Gasteiger partial charge >= 0.3 is 0 Å². The van der Waals surface area contributed by atoms with Crippen molar-refractivity contribution in [2.24, 2.45) is 5.92 Å². The van der Waals surface area contributed by atoms with Gasteiger partial charge in [-0.25, -0.2) is 0 Å². The fraction of sp³-hybridized carbons (Fsp3) is 0.870. The Hall–Kier alpha value is -0.533. The third-order valence-corrected chi connectivity index (χ3v) is 10.6. The summed E-state index contributed by atoms with van der Waals surface area (Å²) in [5.41, 5.74) is 0. The van der Waals surface area contributed by atoms with E-state index in [1.807, 2.05) is 0 Å². The number of hydrogen-bond donors (Lipinski definition) is 0. The normalized spacial score (nSPS) is 22.0. The Labute approximate surface area is 179 Å². The lowest BCUT2D eigenvalue weighted by Gasteiger charge is -2.39. The Kier molecular flexibility index (Phi) is 11.9. The Bertz CT molecular complexity index is 498. The molecule has 29 heavy (non-hydrogen) atoms. The average molecular weight is 429 g/mol. The lowest BCUT2D eigenvalue weighted by atomic mass is 10.0. The SMILES string of the molecule is CCCCC[C@H](/C=C/[C@@H]1CC(=O)C[C@H]1O[Si](C)(C)C(C)(C)C)OCOCCOC. The second-order valence-corrected chi connectivity index (χ2v) is 14.4. The molecule has 5 nitrogen and oxygen atoms in total. The van der Waals surface area contributed by atoms with Crippen LogP contribution in [0.3, 0.4) is 0 Å². The molecule has 1 fully saturated rings. The molecule has 0 amide bonds. The molecule has 1 aliphatic carbocycles. The van der Waals surface area contributed by atoms with Crippen LogP contribution in [0.1, 0.15) is 66.2 Å². The smallest absolute Gasteiger partial charge is 0.192 e. The van der Waals surface area contributed by atoms with Crippen LogP contribution in [-0.2, 0) is 23.4 Å². The third kappa shape index (κ3) is 9.88. The average Bonchev–Trinajstić information content (AvgIpc) is 2.96. The minimum atomic E-state index is -1.91. The number of carbonyl (C=O) groups is 1. The summed E-state index contributed by atoms with van der Waals surface area (Å²) in [5, 5.41) is 0.137. The Morgan fingerprint density at radius 3 is 2.52 bits per heavy atom. The summed E-state index contributed by atoms with van der Waals surface area (Å²) in [6.45, 7) is 14.8. The number of Topliss-reactive ketones (excluding diaryl/α,β-unsaturated/α-hetero) is 1. The van der Waals surface area contributed by atoms with Gasteiger partial charge in [0, 0.05) is 25.9 Å². The summed E-state index contributed by atoms with van der Waals surface area (Å²) in [6.07, 6.45) is 9.85. The van der Waals surface area contributed by atoms with E-state index in [-0.39, 0.29) is 30.0 Å². The van der Waals surface area contributed by atoms with E-state index in [0.717, 1.165) is 12.8 Å². The van der Waals surface area contributed by atoms with E-state index in [0.29, 0.717) is 31.8 Å². The second-order valence-electron chi connectivity index (χ2n) is 9.63. The number of hydrogen-bond acceptors (Lipinski definition) is 5. The first kappa shape index (κ1) is 26.5. The zero-order valence-electron chi connectivity index (χ0n) is 19.8.